The van der Waals surface area contributed by atoms with E-state index in [1.807, 2.05) is 4.74 Å². The maximum absolute atomic E-state index is 14.8. The molecule has 4 nitrogen and oxygen atoms in total. The average Bonchev–Trinajstić information content (AvgIpc) is 2.58. The Morgan fingerprint density at radius 3 is 1.68 bits per heavy atom. The van der Waals surface area contributed by atoms with Crippen LogP contribution in [0.4, 0.5) is 58.4 Å². The van der Waals surface area contributed by atoms with Gasteiger partial charge in [-0.1, -0.05) is 24.8 Å². The molecule has 1 aromatic carbocycles. The lowest BCUT2D eigenvalue weighted by atomic mass is 10.1. The van der Waals surface area contributed by atoms with Crippen LogP contribution in [0.15, 0.2) is 30.8 Å². The molecule has 0 aliphatic carbocycles. The minimum absolute atomic E-state index is 0.269. The van der Waals surface area contributed by atoms with Gasteiger partial charge in [0.2, 0.25) is 0 Å². The Hall–Kier alpha value is -2.49. The van der Waals surface area contributed by atoms with Gasteiger partial charge in [0.05, 0.1) is 0 Å². The van der Waals surface area contributed by atoms with Crippen LogP contribution in [-0.2, 0) is 9.53 Å². The fourth-order valence-electron chi connectivity index (χ4n) is 2.38. The van der Waals surface area contributed by atoms with Gasteiger partial charge in [-0.25, -0.2) is 9.13 Å². The number of benzene rings is 1. The van der Waals surface area contributed by atoms with Crippen LogP contribution in [0, 0.1) is 0 Å². The topological polar surface area (TPSA) is 41.6 Å². The van der Waals surface area contributed by atoms with Gasteiger partial charge in [-0.3, -0.25) is 4.79 Å². The number of carbonyl (C=O) groups excluding carboxylic acids is 1. The van der Waals surface area contributed by atoms with Crippen LogP contribution >= 0.6 is 0 Å². The van der Waals surface area contributed by atoms with Crippen molar-refractivity contribution in [1.29, 1.82) is 0 Å². The standard InChI is InChI=1S/C15H8F12N2O2/c1-2-7-3-5-8(6-4-7)28-9(30)10(16,11(17,18)19)29-12(20,21)14(24,25)31-15(26,27)13(29,22)23/h2-6H,1H2,(H,28,30)/t10-/m1/s1. The summed E-state index contributed by atoms with van der Waals surface area (Å²) in [6.07, 6.45) is -19.5. The zero-order chi connectivity index (χ0) is 24.3. The molecule has 0 bridgehead atoms. The molecule has 1 N–H and O–H groups in total. The van der Waals surface area contributed by atoms with Crippen LogP contribution in [0.5, 0.6) is 0 Å². The molecule has 1 atom stereocenters. The summed E-state index contributed by atoms with van der Waals surface area (Å²) in [4.78, 5) is 8.33. The number of hydrogen-bond acceptors (Lipinski definition) is 3. The molecule has 16 heteroatoms. The van der Waals surface area contributed by atoms with Gasteiger partial charge in [-0.05, 0) is 17.7 Å². The van der Waals surface area contributed by atoms with Crippen molar-refractivity contribution in [2.75, 3.05) is 5.32 Å². The molecular weight excluding hydrogens is 468 g/mol. The fraction of sp³-hybridized carbons (Fsp3) is 0.400. The number of hydrogen-bond donors (Lipinski definition) is 1. The molecule has 2 rings (SSSR count). The van der Waals surface area contributed by atoms with E-state index < -0.39 is 52.8 Å². The number of anilines is 1. The summed E-state index contributed by atoms with van der Waals surface area (Å²) in [5.41, 5.74) is -0.550. The zero-order valence-electron chi connectivity index (χ0n) is 14.4. The van der Waals surface area contributed by atoms with Crippen LogP contribution in [0.25, 0.3) is 6.08 Å². The van der Waals surface area contributed by atoms with Gasteiger partial charge in [0.15, 0.2) is 0 Å². The summed E-state index contributed by atoms with van der Waals surface area (Å²) in [6.45, 7) is 3.29. The van der Waals surface area contributed by atoms with Crippen LogP contribution in [0.3, 0.4) is 0 Å². The second-order valence-electron chi connectivity index (χ2n) is 5.95. The van der Waals surface area contributed by atoms with E-state index in [9.17, 15) is 57.5 Å². The number of morpholine rings is 1. The monoisotopic (exact) mass is 476 g/mol. The summed E-state index contributed by atoms with van der Waals surface area (Å²) in [5, 5.41) is 0.961. The first-order valence-electron chi connectivity index (χ1n) is 7.57. The Morgan fingerprint density at radius 1 is 0.903 bits per heavy atom. The number of rotatable bonds is 4. The van der Waals surface area contributed by atoms with Crippen LogP contribution in [0.2, 0.25) is 0 Å². The average molecular weight is 476 g/mol. The van der Waals surface area contributed by atoms with Gasteiger partial charge >= 0.3 is 36.3 Å². The van der Waals surface area contributed by atoms with Gasteiger partial charge in [-0.15, -0.1) is 4.90 Å². The molecule has 0 saturated carbocycles. The molecule has 1 aliphatic rings. The lowest BCUT2D eigenvalue weighted by Crippen LogP contribution is -2.82. The van der Waals surface area contributed by atoms with E-state index in [1.54, 1.807) is 0 Å². The van der Waals surface area contributed by atoms with Crippen LogP contribution in [-0.4, -0.2) is 47.1 Å². The Labute approximate surface area is 164 Å². The number of halogens is 12. The quantitative estimate of drug-likeness (QED) is 0.480. The molecule has 0 spiro atoms. The minimum Gasteiger partial charge on any atom is -0.322 e. The first kappa shape index (κ1) is 24.8. The third-order valence-electron chi connectivity index (χ3n) is 3.91. The van der Waals surface area contributed by atoms with E-state index >= 15 is 0 Å². The van der Waals surface area contributed by atoms with Gasteiger partial charge in [0.1, 0.15) is 0 Å². The van der Waals surface area contributed by atoms with Crippen molar-refractivity contribution < 1.29 is 62.2 Å². The van der Waals surface area contributed by atoms with Gasteiger partial charge in [0, 0.05) is 5.69 Å². The second-order valence-corrected chi connectivity index (χ2v) is 5.95. The predicted molar refractivity (Wildman–Crippen MR) is 77.8 cm³/mol. The number of alkyl halides is 12. The van der Waals surface area contributed by atoms with Crippen molar-refractivity contribution in [3.8, 4) is 0 Å². The molecule has 0 radical (unpaired) electrons. The molecule has 1 saturated heterocycles. The molecule has 1 amide bonds. The lowest BCUT2D eigenvalue weighted by Gasteiger charge is -2.51. The van der Waals surface area contributed by atoms with E-state index in [1.165, 1.54) is 6.08 Å². The van der Waals surface area contributed by atoms with E-state index in [2.05, 4.69) is 6.58 Å². The normalized spacial score (nSPS) is 24.1. The zero-order valence-corrected chi connectivity index (χ0v) is 14.4. The largest absolute Gasteiger partial charge is 0.446 e. The van der Waals surface area contributed by atoms with Gasteiger partial charge in [-0.2, -0.15) is 48.3 Å². The van der Waals surface area contributed by atoms with E-state index in [0.717, 1.165) is 29.6 Å². The van der Waals surface area contributed by atoms with Gasteiger partial charge in [0.25, 0.3) is 5.91 Å². The van der Waals surface area contributed by atoms with Crippen LogP contribution in [0.1, 0.15) is 5.56 Å². The van der Waals surface area contributed by atoms with Crippen molar-refractivity contribution in [2.24, 2.45) is 0 Å². The smallest absolute Gasteiger partial charge is 0.322 e. The summed E-state index contributed by atoms with van der Waals surface area (Å²) in [7, 11) is 0. The Balaban J connectivity index is 2.68. The van der Waals surface area contributed by atoms with E-state index in [-0.39, 0.29) is 5.56 Å². The molecular formula is C15H8F12N2O2. The summed E-state index contributed by atoms with van der Waals surface area (Å²) >= 11 is 0. The molecule has 1 heterocycles. The van der Waals surface area contributed by atoms with Crippen molar-refractivity contribution in [3.63, 3.8) is 0 Å². The summed E-state index contributed by atoms with van der Waals surface area (Å²) in [6, 6.07) is -10.7. The van der Waals surface area contributed by atoms with Crippen molar-refractivity contribution in [3.05, 3.63) is 36.4 Å². The molecule has 174 valence electrons. The lowest BCUT2D eigenvalue weighted by molar-refractivity contribution is -0.582. The number of nitrogens with one attached hydrogen (secondary N) is 1. The number of nitrogens with zero attached hydrogens (tertiary/aromatic N) is 1. The number of ether oxygens (including phenoxy) is 1. The number of carbonyl (C=O) groups is 1. The Kier molecular flexibility index (Phi) is 5.60. The highest BCUT2D eigenvalue weighted by atomic mass is 19.4. The first-order valence-corrected chi connectivity index (χ1v) is 7.57. The third-order valence-corrected chi connectivity index (χ3v) is 3.91. The second kappa shape index (κ2) is 7.01. The minimum atomic E-state index is -7.14. The molecule has 1 aliphatic heterocycles. The fourth-order valence-corrected chi connectivity index (χ4v) is 2.38. The third kappa shape index (κ3) is 3.60. The maximum atomic E-state index is 14.8. The summed E-state index contributed by atoms with van der Waals surface area (Å²) < 4.78 is 165. The molecule has 0 unspecified atom stereocenters. The van der Waals surface area contributed by atoms with Crippen LogP contribution < -0.4 is 5.32 Å². The SMILES string of the molecule is C=Cc1ccc(NC(=O)[C@@](F)(N2C(F)(F)C(F)(F)OC(F)(F)C2(F)F)C(F)(F)F)cc1. The molecule has 1 aromatic rings. The predicted octanol–water partition coefficient (Wildman–Crippen LogP) is 5.20. The summed E-state index contributed by atoms with van der Waals surface area (Å²) in [5.74, 6) is -10.2. The Bertz CT molecular complexity index is 842. The van der Waals surface area contributed by atoms with E-state index in [0.29, 0.717) is 0 Å². The first-order chi connectivity index (χ1) is 13.8. The van der Waals surface area contributed by atoms with Crippen molar-refractivity contribution in [2.45, 2.75) is 36.3 Å². The molecule has 0 aromatic heterocycles. The highest BCUT2D eigenvalue weighted by Gasteiger charge is 2.90. The maximum Gasteiger partial charge on any atom is 0.446 e. The van der Waals surface area contributed by atoms with E-state index in [4.69, 9.17) is 0 Å². The molecule has 1 fully saturated rings. The highest BCUT2D eigenvalue weighted by molar-refractivity contribution is 5.97. The van der Waals surface area contributed by atoms with Crippen molar-refractivity contribution >= 4 is 17.7 Å². The number of amides is 1. The van der Waals surface area contributed by atoms with Crippen molar-refractivity contribution in [1.82, 2.24) is 4.90 Å². The molecule has 31 heavy (non-hydrogen) atoms. The highest BCUT2D eigenvalue weighted by Crippen LogP contribution is 2.60. The van der Waals surface area contributed by atoms with Gasteiger partial charge < -0.3 is 5.32 Å². The Morgan fingerprint density at radius 2 is 1.32 bits per heavy atom.